The van der Waals surface area contributed by atoms with Crippen molar-refractivity contribution < 1.29 is 4.42 Å². The van der Waals surface area contributed by atoms with Gasteiger partial charge in [-0.1, -0.05) is 13.8 Å². The third-order valence-electron chi connectivity index (χ3n) is 3.44. The molecule has 2 nitrogen and oxygen atoms in total. The largest absolute Gasteiger partial charge is 0.466 e. The molecule has 1 aliphatic rings. The van der Waals surface area contributed by atoms with Crippen LogP contribution in [0, 0.1) is 25.7 Å². The number of nitrogens with one attached hydrogen (secondary N) is 1. The monoisotopic (exact) mass is 207 g/mol. The minimum absolute atomic E-state index is 0.502. The Labute approximate surface area is 92.1 Å². The standard InChI is InChI=1S/C13H21NO/c1-5-14-13(11-6-8(11)2)12-7-9(3)15-10(12)4/h7-8,11,13-14H,5-6H2,1-4H3. The summed E-state index contributed by atoms with van der Waals surface area (Å²) in [4.78, 5) is 0. The minimum Gasteiger partial charge on any atom is -0.466 e. The summed E-state index contributed by atoms with van der Waals surface area (Å²) < 4.78 is 5.61. The maximum Gasteiger partial charge on any atom is 0.105 e. The molecule has 3 atom stereocenters. The summed E-state index contributed by atoms with van der Waals surface area (Å²) in [5.41, 5.74) is 1.36. The average Bonchev–Trinajstić information content (AvgIpc) is 2.78. The van der Waals surface area contributed by atoms with E-state index in [0.29, 0.717) is 6.04 Å². The summed E-state index contributed by atoms with van der Waals surface area (Å²) >= 11 is 0. The fourth-order valence-electron chi connectivity index (χ4n) is 2.49. The summed E-state index contributed by atoms with van der Waals surface area (Å²) in [6.45, 7) is 9.62. The van der Waals surface area contributed by atoms with E-state index in [2.05, 4.69) is 32.2 Å². The fourth-order valence-corrected chi connectivity index (χ4v) is 2.49. The smallest absolute Gasteiger partial charge is 0.105 e. The lowest BCUT2D eigenvalue weighted by Crippen LogP contribution is -2.23. The van der Waals surface area contributed by atoms with Crippen molar-refractivity contribution in [1.29, 1.82) is 0 Å². The topological polar surface area (TPSA) is 25.2 Å². The molecule has 1 heterocycles. The molecule has 0 amide bonds. The Morgan fingerprint density at radius 3 is 2.60 bits per heavy atom. The zero-order chi connectivity index (χ0) is 11.0. The van der Waals surface area contributed by atoms with Crippen LogP contribution in [0.15, 0.2) is 10.5 Å². The highest BCUT2D eigenvalue weighted by atomic mass is 16.3. The molecule has 15 heavy (non-hydrogen) atoms. The lowest BCUT2D eigenvalue weighted by molar-refractivity contribution is 0.453. The minimum atomic E-state index is 0.502. The lowest BCUT2D eigenvalue weighted by Gasteiger charge is -2.17. The van der Waals surface area contributed by atoms with Gasteiger partial charge in [0.25, 0.3) is 0 Å². The zero-order valence-corrected chi connectivity index (χ0v) is 10.1. The SMILES string of the molecule is CCNC(c1cc(C)oc1C)C1CC1C. The summed E-state index contributed by atoms with van der Waals surface area (Å²) in [7, 11) is 0. The molecule has 2 rings (SSSR count). The van der Waals surface area contributed by atoms with E-state index >= 15 is 0 Å². The van der Waals surface area contributed by atoms with Gasteiger partial charge in [-0.3, -0.25) is 0 Å². The molecule has 1 aliphatic carbocycles. The Balaban J connectivity index is 2.20. The van der Waals surface area contributed by atoms with Gasteiger partial charge in [0.05, 0.1) is 0 Å². The van der Waals surface area contributed by atoms with Crippen LogP contribution >= 0.6 is 0 Å². The third-order valence-corrected chi connectivity index (χ3v) is 3.44. The molecule has 2 heteroatoms. The number of furan rings is 1. The Bertz CT molecular complexity index is 342. The van der Waals surface area contributed by atoms with Crippen molar-refractivity contribution in [2.24, 2.45) is 11.8 Å². The highest BCUT2D eigenvalue weighted by molar-refractivity contribution is 5.26. The van der Waals surface area contributed by atoms with Gasteiger partial charge < -0.3 is 9.73 Å². The third kappa shape index (κ3) is 2.10. The molecule has 1 saturated carbocycles. The van der Waals surface area contributed by atoms with Gasteiger partial charge in [0.15, 0.2) is 0 Å². The van der Waals surface area contributed by atoms with Gasteiger partial charge in [-0.05, 0) is 44.7 Å². The molecule has 0 saturated heterocycles. The molecule has 1 fully saturated rings. The van der Waals surface area contributed by atoms with Crippen molar-refractivity contribution >= 4 is 0 Å². The van der Waals surface area contributed by atoms with Crippen LogP contribution in [-0.4, -0.2) is 6.54 Å². The molecule has 0 aliphatic heterocycles. The second-order valence-electron chi connectivity index (χ2n) is 4.78. The Morgan fingerprint density at radius 1 is 1.53 bits per heavy atom. The fraction of sp³-hybridized carbons (Fsp3) is 0.692. The number of hydrogen-bond acceptors (Lipinski definition) is 2. The molecule has 1 aromatic heterocycles. The van der Waals surface area contributed by atoms with E-state index < -0.39 is 0 Å². The first-order valence-corrected chi connectivity index (χ1v) is 5.93. The van der Waals surface area contributed by atoms with Gasteiger partial charge in [0, 0.05) is 11.6 Å². The van der Waals surface area contributed by atoms with Gasteiger partial charge in [0.2, 0.25) is 0 Å². The molecule has 84 valence electrons. The van der Waals surface area contributed by atoms with E-state index in [1.54, 1.807) is 0 Å². The Hall–Kier alpha value is -0.760. The van der Waals surface area contributed by atoms with Crippen molar-refractivity contribution in [3.8, 4) is 0 Å². The average molecular weight is 207 g/mol. The van der Waals surface area contributed by atoms with Crippen LogP contribution < -0.4 is 5.32 Å². The predicted molar refractivity (Wildman–Crippen MR) is 61.9 cm³/mol. The van der Waals surface area contributed by atoms with Crippen molar-refractivity contribution in [3.05, 3.63) is 23.2 Å². The highest BCUT2D eigenvalue weighted by Gasteiger charge is 2.40. The van der Waals surface area contributed by atoms with Gasteiger partial charge in [0.1, 0.15) is 11.5 Å². The molecule has 0 spiro atoms. The van der Waals surface area contributed by atoms with Crippen LogP contribution in [0.5, 0.6) is 0 Å². The summed E-state index contributed by atoms with van der Waals surface area (Å²) in [5.74, 6) is 3.78. The maximum atomic E-state index is 5.61. The Morgan fingerprint density at radius 2 is 2.20 bits per heavy atom. The number of aryl methyl sites for hydroxylation is 2. The quantitative estimate of drug-likeness (QED) is 0.820. The predicted octanol–water partition coefficient (Wildman–Crippen LogP) is 3.20. The second kappa shape index (κ2) is 4.01. The van der Waals surface area contributed by atoms with Gasteiger partial charge >= 0.3 is 0 Å². The van der Waals surface area contributed by atoms with E-state index in [4.69, 9.17) is 4.42 Å². The van der Waals surface area contributed by atoms with Gasteiger partial charge in [-0.2, -0.15) is 0 Å². The molecular weight excluding hydrogens is 186 g/mol. The number of rotatable bonds is 4. The van der Waals surface area contributed by atoms with Crippen molar-refractivity contribution in [2.75, 3.05) is 6.54 Å². The van der Waals surface area contributed by atoms with Gasteiger partial charge in [-0.15, -0.1) is 0 Å². The first-order chi connectivity index (χ1) is 7.13. The van der Waals surface area contributed by atoms with E-state index in [0.717, 1.165) is 29.9 Å². The first kappa shape index (κ1) is 10.7. The van der Waals surface area contributed by atoms with Gasteiger partial charge in [-0.25, -0.2) is 0 Å². The Kier molecular flexibility index (Phi) is 2.87. The molecular formula is C13H21NO. The van der Waals surface area contributed by atoms with E-state index in [-0.39, 0.29) is 0 Å². The molecule has 1 N–H and O–H groups in total. The van der Waals surface area contributed by atoms with Crippen molar-refractivity contribution in [1.82, 2.24) is 5.32 Å². The molecule has 1 aromatic rings. The van der Waals surface area contributed by atoms with Crippen LogP contribution in [-0.2, 0) is 0 Å². The molecule has 0 aromatic carbocycles. The number of hydrogen-bond donors (Lipinski definition) is 1. The summed E-state index contributed by atoms with van der Waals surface area (Å²) in [6.07, 6.45) is 1.35. The molecule has 0 radical (unpaired) electrons. The highest BCUT2D eigenvalue weighted by Crippen LogP contribution is 2.47. The first-order valence-electron chi connectivity index (χ1n) is 5.93. The maximum absolute atomic E-state index is 5.61. The normalized spacial score (nSPS) is 26.7. The van der Waals surface area contributed by atoms with E-state index in [9.17, 15) is 0 Å². The molecule has 0 bridgehead atoms. The van der Waals surface area contributed by atoms with Crippen LogP contribution in [0.2, 0.25) is 0 Å². The van der Waals surface area contributed by atoms with Crippen LogP contribution in [0.4, 0.5) is 0 Å². The van der Waals surface area contributed by atoms with Crippen molar-refractivity contribution in [3.63, 3.8) is 0 Å². The molecule has 3 unspecified atom stereocenters. The van der Waals surface area contributed by atoms with Crippen LogP contribution in [0.1, 0.15) is 43.4 Å². The van der Waals surface area contributed by atoms with Crippen molar-refractivity contribution in [2.45, 2.75) is 40.2 Å². The van der Waals surface area contributed by atoms with E-state index in [1.165, 1.54) is 12.0 Å². The summed E-state index contributed by atoms with van der Waals surface area (Å²) in [5, 5.41) is 3.59. The van der Waals surface area contributed by atoms with Crippen LogP contribution in [0.25, 0.3) is 0 Å². The lowest BCUT2D eigenvalue weighted by atomic mass is 10.0. The summed E-state index contributed by atoms with van der Waals surface area (Å²) in [6, 6.07) is 2.69. The second-order valence-corrected chi connectivity index (χ2v) is 4.78. The van der Waals surface area contributed by atoms with E-state index in [1.807, 2.05) is 6.92 Å². The van der Waals surface area contributed by atoms with Crippen LogP contribution in [0.3, 0.4) is 0 Å². The zero-order valence-electron chi connectivity index (χ0n) is 10.1.